The topological polar surface area (TPSA) is 19.0 Å². The molecule has 2 nitrogen and oxygen atoms in total. The number of nitrogens with one attached hydrogen (secondary N) is 1. The van der Waals surface area contributed by atoms with Gasteiger partial charge in [0.05, 0.1) is 5.69 Å². The van der Waals surface area contributed by atoms with Gasteiger partial charge in [0.25, 0.3) is 0 Å². The van der Waals surface area contributed by atoms with E-state index in [-0.39, 0.29) is 0 Å². The van der Waals surface area contributed by atoms with Gasteiger partial charge in [0.1, 0.15) is 0 Å². The Hall–Kier alpha value is -2.36. The highest BCUT2D eigenvalue weighted by atomic mass is 32.1. The number of benzene rings is 2. The van der Waals surface area contributed by atoms with Gasteiger partial charge in [-0.25, -0.2) is 0 Å². The van der Waals surface area contributed by atoms with E-state index < -0.39 is 0 Å². The molecule has 1 aliphatic heterocycles. The quantitative estimate of drug-likeness (QED) is 0.475. The van der Waals surface area contributed by atoms with Crippen LogP contribution in [0.4, 0.5) is 0 Å². The van der Waals surface area contributed by atoms with Gasteiger partial charge in [-0.3, -0.25) is 4.90 Å². The Morgan fingerprint density at radius 1 is 1.04 bits per heavy atom. The second-order valence-corrected chi connectivity index (χ2v) is 8.09. The fourth-order valence-corrected chi connectivity index (χ4v) is 5.16. The lowest BCUT2D eigenvalue weighted by molar-refractivity contribution is 0.192. The van der Waals surface area contributed by atoms with Crippen LogP contribution in [0.5, 0.6) is 0 Å². The molecule has 2 aromatic heterocycles. The van der Waals surface area contributed by atoms with Gasteiger partial charge in [-0.05, 0) is 47.5 Å². The number of thiophene rings is 1. The van der Waals surface area contributed by atoms with E-state index in [0.29, 0.717) is 6.04 Å². The van der Waals surface area contributed by atoms with E-state index in [1.165, 1.54) is 39.7 Å². The summed E-state index contributed by atoms with van der Waals surface area (Å²) in [5.41, 5.74) is 6.68. The standard InChI is InChI=1S/C23H22N2S/c1-16-18-12-14-26-22(18)11-13-25(16)15-20-19-9-5-6-10-21(19)24-23(20)17-7-3-2-4-8-17/h2-10,12,14,16,24H,11,13,15H2,1H3. The van der Waals surface area contributed by atoms with Crippen LogP contribution in [0.2, 0.25) is 0 Å². The Bertz CT molecular complexity index is 1040. The fourth-order valence-electron chi connectivity index (χ4n) is 4.20. The van der Waals surface area contributed by atoms with Crippen molar-refractivity contribution in [2.24, 2.45) is 0 Å². The minimum absolute atomic E-state index is 0.474. The molecule has 4 aromatic rings. The molecule has 26 heavy (non-hydrogen) atoms. The molecule has 0 amide bonds. The maximum atomic E-state index is 3.67. The van der Waals surface area contributed by atoms with Gasteiger partial charge < -0.3 is 4.98 Å². The van der Waals surface area contributed by atoms with Crippen molar-refractivity contribution >= 4 is 22.2 Å². The van der Waals surface area contributed by atoms with E-state index in [1.54, 1.807) is 4.88 Å². The van der Waals surface area contributed by atoms with Crippen molar-refractivity contribution in [1.82, 2.24) is 9.88 Å². The molecule has 130 valence electrons. The molecule has 0 aliphatic carbocycles. The van der Waals surface area contributed by atoms with Crippen molar-refractivity contribution in [2.45, 2.75) is 25.9 Å². The minimum atomic E-state index is 0.474. The Kier molecular flexibility index (Phi) is 3.92. The molecular formula is C23H22N2S. The number of aromatic amines is 1. The maximum absolute atomic E-state index is 3.67. The van der Waals surface area contributed by atoms with E-state index >= 15 is 0 Å². The van der Waals surface area contributed by atoms with Crippen LogP contribution in [0.25, 0.3) is 22.2 Å². The third-order valence-corrected chi connectivity index (χ3v) is 6.64. The third kappa shape index (κ3) is 2.59. The molecule has 3 heteroatoms. The number of fused-ring (bicyclic) bond motifs is 2. The zero-order valence-electron chi connectivity index (χ0n) is 14.9. The van der Waals surface area contributed by atoms with E-state index in [2.05, 4.69) is 82.9 Å². The smallest absolute Gasteiger partial charge is 0.0510 e. The zero-order chi connectivity index (χ0) is 17.5. The van der Waals surface area contributed by atoms with Crippen LogP contribution in [0.1, 0.15) is 29.0 Å². The summed E-state index contributed by atoms with van der Waals surface area (Å²) in [7, 11) is 0. The number of hydrogen-bond donors (Lipinski definition) is 1. The predicted molar refractivity (Wildman–Crippen MR) is 111 cm³/mol. The van der Waals surface area contributed by atoms with E-state index in [9.17, 15) is 0 Å². The van der Waals surface area contributed by atoms with E-state index in [0.717, 1.165) is 13.1 Å². The highest BCUT2D eigenvalue weighted by Crippen LogP contribution is 2.37. The normalized spacial score (nSPS) is 17.5. The second kappa shape index (κ2) is 6.42. The van der Waals surface area contributed by atoms with E-state index in [1.807, 2.05) is 11.3 Å². The van der Waals surface area contributed by atoms with E-state index in [4.69, 9.17) is 0 Å². The lowest BCUT2D eigenvalue weighted by atomic mass is 9.99. The molecule has 1 unspecified atom stereocenters. The summed E-state index contributed by atoms with van der Waals surface area (Å²) in [5.74, 6) is 0. The first-order chi connectivity index (χ1) is 12.8. The second-order valence-electron chi connectivity index (χ2n) is 7.09. The minimum Gasteiger partial charge on any atom is -0.354 e. The summed E-state index contributed by atoms with van der Waals surface area (Å²) in [6.07, 6.45) is 1.17. The van der Waals surface area contributed by atoms with Crippen molar-refractivity contribution < 1.29 is 0 Å². The van der Waals surface area contributed by atoms with Crippen molar-refractivity contribution in [3.8, 4) is 11.3 Å². The Morgan fingerprint density at radius 3 is 2.73 bits per heavy atom. The number of nitrogens with zero attached hydrogens (tertiary/aromatic N) is 1. The Balaban J connectivity index is 1.58. The van der Waals surface area contributed by atoms with Gasteiger partial charge in [-0.2, -0.15) is 0 Å². The van der Waals surface area contributed by atoms with Crippen LogP contribution in [0.3, 0.4) is 0 Å². The van der Waals surface area contributed by atoms with Gasteiger partial charge in [0.15, 0.2) is 0 Å². The Labute approximate surface area is 158 Å². The summed E-state index contributed by atoms with van der Waals surface area (Å²) in [5, 5.41) is 3.58. The van der Waals surface area contributed by atoms with Crippen molar-refractivity contribution in [3.63, 3.8) is 0 Å². The molecule has 2 aromatic carbocycles. The molecule has 1 atom stereocenters. The molecule has 0 radical (unpaired) electrons. The number of para-hydroxylation sites is 1. The number of aromatic nitrogens is 1. The zero-order valence-corrected chi connectivity index (χ0v) is 15.7. The molecule has 0 fully saturated rings. The van der Waals surface area contributed by atoms with Crippen molar-refractivity contribution in [3.05, 3.63) is 82.0 Å². The maximum Gasteiger partial charge on any atom is 0.0510 e. The molecule has 0 spiro atoms. The first-order valence-corrected chi connectivity index (χ1v) is 10.1. The molecule has 1 N–H and O–H groups in total. The highest BCUT2D eigenvalue weighted by Gasteiger charge is 2.26. The van der Waals surface area contributed by atoms with Gasteiger partial charge in [0.2, 0.25) is 0 Å². The van der Waals surface area contributed by atoms with Crippen molar-refractivity contribution in [1.29, 1.82) is 0 Å². The van der Waals surface area contributed by atoms with Crippen LogP contribution < -0.4 is 0 Å². The first kappa shape index (κ1) is 15.9. The van der Waals surface area contributed by atoms with Gasteiger partial charge >= 0.3 is 0 Å². The van der Waals surface area contributed by atoms with Gasteiger partial charge in [-0.15, -0.1) is 11.3 Å². The average Bonchev–Trinajstić information content (AvgIpc) is 3.30. The van der Waals surface area contributed by atoms with Gasteiger partial charge in [0, 0.05) is 34.9 Å². The van der Waals surface area contributed by atoms with Crippen LogP contribution in [0, 0.1) is 0 Å². The largest absolute Gasteiger partial charge is 0.354 e. The summed E-state index contributed by atoms with van der Waals surface area (Å²) < 4.78 is 0. The SMILES string of the molecule is CC1c2ccsc2CCN1Cc1c(-c2ccccc2)[nH]c2ccccc12. The number of rotatable bonds is 3. The monoisotopic (exact) mass is 358 g/mol. The Morgan fingerprint density at radius 2 is 1.85 bits per heavy atom. The third-order valence-electron chi connectivity index (χ3n) is 5.64. The molecule has 0 saturated carbocycles. The summed E-state index contributed by atoms with van der Waals surface area (Å²) in [4.78, 5) is 7.86. The number of hydrogen-bond acceptors (Lipinski definition) is 2. The van der Waals surface area contributed by atoms with Crippen LogP contribution in [-0.4, -0.2) is 16.4 Å². The van der Waals surface area contributed by atoms with Gasteiger partial charge in [-0.1, -0.05) is 48.5 Å². The summed E-state index contributed by atoms with van der Waals surface area (Å²) >= 11 is 1.91. The molecule has 3 heterocycles. The average molecular weight is 359 g/mol. The molecule has 5 rings (SSSR count). The molecule has 0 saturated heterocycles. The highest BCUT2D eigenvalue weighted by molar-refractivity contribution is 7.10. The van der Waals surface area contributed by atoms with Crippen LogP contribution in [-0.2, 0) is 13.0 Å². The predicted octanol–water partition coefficient (Wildman–Crippen LogP) is 6.02. The van der Waals surface area contributed by atoms with Crippen molar-refractivity contribution in [2.75, 3.05) is 6.54 Å². The van der Waals surface area contributed by atoms with Crippen LogP contribution in [0.15, 0.2) is 66.0 Å². The molecule has 1 aliphatic rings. The number of H-pyrrole nitrogens is 1. The summed E-state index contributed by atoms with van der Waals surface area (Å²) in [6, 6.07) is 22.2. The van der Waals surface area contributed by atoms with Crippen LogP contribution >= 0.6 is 11.3 Å². The summed E-state index contributed by atoms with van der Waals surface area (Å²) in [6.45, 7) is 4.45. The lowest BCUT2D eigenvalue weighted by Crippen LogP contribution is -2.32. The lowest BCUT2D eigenvalue weighted by Gasteiger charge is -2.33. The molecular weight excluding hydrogens is 336 g/mol. The molecule has 0 bridgehead atoms. The first-order valence-electron chi connectivity index (χ1n) is 9.26. The fraction of sp³-hybridized carbons (Fsp3) is 0.217.